The molecule has 1 N–H and O–H groups in total. The SMILES string of the molecule is Cc1cccc(C(=O)N2CCC3CNCC3C2)c1C. The Balaban J connectivity index is 1.79. The van der Waals surface area contributed by atoms with Gasteiger partial charge in [-0.3, -0.25) is 4.79 Å². The zero-order valence-electron chi connectivity index (χ0n) is 11.8. The lowest BCUT2D eigenvalue weighted by Gasteiger charge is -2.34. The number of nitrogens with zero attached hydrogens (tertiary/aromatic N) is 1. The predicted molar refractivity (Wildman–Crippen MR) is 76.3 cm³/mol. The molecule has 2 aliphatic rings. The Morgan fingerprint density at radius 1 is 1.26 bits per heavy atom. The van der Waals surface area contributed by atoms with Crippen LogP contribution in [0.3, 0.4) is 0 Å². The minimum atomic E-state index is 0.214. The van der Waals surface area contributed by atoms with E-state index in [0.717, 1.165) is 49.6 Å². The van der Waals surface area contributed by atoms with E-state index in [1.807, 2.05) is 19.1 Å². The summed E-state index contributed by atoms with van der Waals surface area (Å²) >= 11 is 0. The predicted octanol–water partition coefficient (Wildman–Crippen LogP) is 1.98. The Morgan fingerprint density at radius 3 is 2.89 bits per heavy atom. The number of hydrogen-bond donors (Lipinski definition) is 1. The number of carbonyl (C=O) groups excluding carboxylic acids is 1. The summed E-state index contributed by atoms with van der Waals surface area (Å²) in [5.41, 5.74) is 3.20. The zero-order valence-corrected chi connectivity index (χ0v) is 11.8. The first-order valence-electron chi connectivity index (χ1n) is 7.23. The largest absolute Gasteiger partial charge is 0.338 e. The summed E-state index contributed by atoms with van der Waals surface area (Å²) in [4.78, 5) is 14.7. The second-order valence-electron chi connectivity index (χ2n) is 5.97. The normalized spacial score (nSPS) is 26.3. The quantitative estimate of drug-likeness (QED) is 0.835. The molecule has 1 aromatic rings. The van der Waals surface area contributed by atoms with Gasteiger partial charge >= 0.3 is 0 Å². The molecule has 0 aromatic heterocycles. The highest BCUT2D eigenvalue weighted by Gasteiger charge is 2.34. The third-order valence-electron chi connectivity index (χ3n) is 4.83. The van der Waals surface area contributed by atoms with Crippen molar-refractivity contribution in [2.75, 3.05) is 26.2 Å². The van der Waals surface area contributed by atoms with Gasteiger partial charge in [0.1, 0.15) is 0 Å². The summed E-state index contributed by atoms with van der Waals surface area (Å²) in [6.07, 6.45) is 1.15. The summed E-state index contributed by atoms with van der Waals surface area (Å²) < 4.78 is 0. The smallest absolute Gasteiger partial charge is 0.254 e. The molecule has 2 heterocycles. The number of benzene rings is 1. The first kappa shape index (κ1) is 12.7. The first-order valence-corrected chi connectivity index (χ1v) is 7.23. The number of hydrogen-bond acceptors (Lipinski definition) is 2. The van der Waals surface area contributed by atoms with Crippen molar-refractivity contribution >= 4 is 5.91 Å². The van der Waals surface area contributed by atoms with Crippen LogP contribution in [0, 0.1) is 25.7 Å². The van der Waals surface area contributed by atoms with Crippen LogP contribution in [0.5, 0.6) is 0 Å². The van der Waals surface area contributed by atoms with Crippen LogP contribution in [0.15, 0.2) is 18.2 Å². The number of amides is 1. The summed E-state index contributed by atoms with van der Waals surface area (Å²) in [6, 6.07) is 6.02. The maximum Gasteiger partial charge on any atom is 0.254 e. The van der Waals surface area contributed by atoms with Gasteiger partial charge in [-0.25, -0.2) is 0 Å². The van der Waals surface area contributed by atoms with Crippen LogP contribution in [0.1, 0.15) is 27.9 Å². The Kier molecular flexibility index (Phi) is 3.31. The van der Waals surface area contributed by atoms with Gasteiger partial charge in [-0.15, -0.1) is 0 Å². The molecule has 2 unspecified atom stereocenters. The maximum atomic E-state index is 12.7. The van der Waals surface area contributed by atoms with Crippen molar-refractivity contribution in [3.05, 3.63) is 34.9 Å². The molecular weight excluding hydrogens is 236 g/mol. The third-order valence-corrected chi connectivity index (χ3v) is 4.83. The van der Waals surface area contributed by atoms with Crippen molar-refractivity contribution in [2.45, 2.75) is 20.3 Å². The fraction of sp³-hybridized carbons (Fsp3) is 0.562. The fourth-order valence-electron chi connectivity index (χ4n) is 3.37. The second-order valence-corrected chi connectivity index (χ2v) is 5.97. The number of nitrogens with one attached hydrogen (secondary N) is 1. The van der Waals surface area contributed by atoms with Gasteiger partial charge in [0.2, 0.25) is 0 Å². The number of rotatable bonds is 1. The molecule has 2 fully saturated rings. The van der Waals surface area contributed by atoms with Gasteiger partial charge < -0.3 is 10.2 Å². The monoisotopic (exact) mass is 258 g/mol. The van der Waals surface area contributed by atoms with E-state index in [9.17, 15) is 4.79 Å². The van der Waals surface area contributed by atoms with Gasteiger partial charge in [-0.2, -0.15) is 0 Å². The molecule has 102 valence electrons. The van der Waals surface area contributed by atoms with E-state index in [1.54, 1.807) is 0 Å². The van der Waals surface area contributed by atoms with Crippen molar-refractivity contribution < 1.29 is 4.79 Å². The topological polar surface area (TPSA) is 32.3 Å². The summed E-state index contributed by atoms with van der Waals surface area (Å²) in [7, 11) is 0. The van der Waals surface area contributed by atoms with Crippen molar-refractivity contribution in [1.29, 1.82) is 0 Å². The second kappa shape index (κ2) is 4.97. The van der Waals surface area contributed by atoms with Crippen LogP contribution in [0.25, 0.3) is 0 Å². The van der Waals surface area contributed by atoms with E-state index < -0.39 is 0 Å². The van der Waals surface area contributed by atoms with Crippen LogP contribution in [0.4, 0.5) is 0 Å². The highest BCUT2D eigenvalue weighted by molar-refractivity contribution is 5.96. The average Bonchev–Trinajstić information content (AvgIpc) is 2.88. The molecule has 0 saturated carbocycles. The van der Waals surface area contributed by atoms with E-state index in [-0.39, 0.29) is 5.91 Å². The van der Waals surface area contributed by atoms with E-state index in [0.29, 0.717) is 5.92 Å². The zero-order chi connectivity index (χ0) is 13.4. The highest BCUT2D eigenvalue weighted by atomic mass is 16.2. The Morgan fingerprint density at radius 2 is 2.05 bits per heavy atom. The van der Waals surface area contributed by atoms with Crippen LogP contribution in [0.2, 0.25) is 0 Å². The highest BCUT2D eigenvalue weighted by Crippen LogP contribution is 2.28. The Hall–Kier alpha value is -1.35. The number of aryl methyl sites for hydroxylation is 1. The van der Waals surface area contributed by atoms with E-state index in [4.69, 9.17) is 0 Å². The molecule has 0 radical (unpaired) electrons. The van der Waals surface area contributed by atoms with Crippen LogP contribution < -0.4 is 5.32 Å². The molecular formula is C16H22N2O. The third kappa shape index (κ3) is 2.27. The number of carbonyl (C=O) groups is 1. The molecule has 1 aromatic carbocycles. The van der Waals surface area contributed by atoms with Crippen LogP contribution in [-0.4, -0.2) is 37.0 Å². The van der Waals surface area contributed by atoms with Gasteiger partial charge in [-0.1, -0.05) is 12.1 Å². The molecule has 0 spiro atoms. The molecule has 2 aliphatic heterocycles. The number of likely N-dealkylation sites (tertiary alicyclic amines) is 1. The minimum absolute atomic E-state index is 0.214. The van der Waals surface area contributed by atoms with Gasteiger partial charge in [0.15, 0.2) is 0 Å². The lowest BCUT2D eigenvalue weighted by atomic mass is 9.88. The fourth-order valence-corrected chi connectivity index (χ4v) is 3.37. The molecule has 19 heavy (non-hydrogen) atoms. The summed E-state index contributed by atoms with van der Waals surface area (Å²) in [5, 5.41) is 3.45. The molecule has 0 bridgehead atoms. The van der Waals surface area contributed by atoms with Crippen molar-refractivity contribution in [1.82, 2.24) is 10.2 Å². The lowest BCUT2D eigenvalue weighted by Crippen LogP contribution is -2.43. The molecule has 3 rings (SSSR count). The molecule has 3 nitrogen and oxygen atoms in total. The number of piperidine rings is 1. The maximum absolute atomic E-state index is 12.7. The van der Waals surface area contributed by atoms with E-state index in [2.05, 4.69) is 23.2 Å². The molecule has 2 atom stereocenters. The van der Waals surface area contributed by atoms with E-state index >= 15 is 0 Å². The molecule has 1 amide bonds. The Bertz CT molecular complexity index is 498. The molecule has 3 heteroatoms. The van der Waals surface area contributed by atoms with E-state index in [1.165, 1.54) is 5.56 Å². The summed E-state index contributed by atoms with van der Waals surface area (Å²) in [6.45, 7) is 8.15. The van der Waals surface area contributed by atoms with Crippen LogP contribution in [-0.2, 0) is 0 Å². The van der Waals surface area contributed by atoms with Gasteiger partial charge in [0.05, 0.1) is 0 Å². The molecule has 2 saturated heterocycles. The van der Waals surface area contributed by atoms with Crippen molar-refractivity contribution in [3.8, 4) is 0 Å². The standard InChI is InChI=1S/C16H22N2O/c1-11-4-3-5-15(12(11)2)16(19)18-7-6-13-8-17-9-14(13)10-18/h3-5,13-14,17H,6-10H2,1-2H3. The first-order chi connectivity index (χ1) is 9.16. The van der Waals surface area contributed by atoms with Gasteiger partial charge in [0, 0.05) is 18.7 Å². The van der Waals surface area contributed by atoms with Crippen molar-refractivity contribution in [2.24, 2.45) is 11.8 Å². The molecule has 0 aliphatic carbocycles. The van der Waals surface area contributed by atoms with Gasteiger partial charge in [-0.05, 0) is 62.4 Å². The number of fused-ring (bicyclic) bond motifs is 1. The Labute approximate surface area is 115 Å². The van der Waals surface area contributed by atoms with Gasteiger partial charge in [0.25, 0.3) is 5.91 Å². The average molecular weight is 258 g/mol. The summed E-state index contributed by atoms with van der Waals surface area (Å²) in [5.74, 6) is 1.65. The van der Waals surface area contributed by atoms with Crippen LogP contribution >= 0.6 is 0 Å². The minimum Gasteiger partial charge on any atom is -0.338 e. The van der Waals surface area contributed by atoms with Crippen molar-refractivity contribution in [3.63, 3.8) is 0 Å². The lowest BCUT2D eigenvalue weighted by molar-refractivity contribution is 0.0641.